The number of pyridine rings is 1. The number of hydrogen-bond acceptors (Lipinski definition) is 8. The van der Waals surface area contributed by atoms with Gasteiger partial charge < -0.3 is 24.5 Å². The van der Waals surface area contributed by atoms with Crippen LogP contribution in [0.25, 0.3) is 32.9 Å². The molecule has 3 saturated heterocycles. The van der Waals surface area contributed by atoms with Gasteiger partial charge in [-0.25, -0.2) is 8.78 Å². The molecule has 0 aliphatic carbocycles. The van der Waals surface area contributed by atoms with Gasteiger partial charge in [0.15, 0.2) is 5.82 Å². The number of benzene rings is 2. The third kappa shape index (κ3) is 4.90. The molecule has 7 rings (SSSR count). The standard InChI is InChI=1S/C34H32F2N6O3/c1-4-24-27(35)11-8-19-13-23(43)14-25(29(19)24)31-30(36)32-26(15-37-31)33(39-34(38-32)45-18-22-7-6-12-40(22)3)41-16-20-9-10-21(17-41)42(20)28(44)5-2/h1,5,8,11,13-15,20-22,43H,2,6-7,9-10,12,16-18H2,3H3/t20?,21?,22-/m0/s1. The Hall–Kier alpha value is -4.82. The largest absolute Gasteiger partial charge is 0.508 e. The van der Waals surface area contributed by atoms with Crippen molar-refractivity contribution in [1.29, 1.82) is 0 Å². The van der Waals surface area contributed by atoms with Crippen LogP contribution in [-0.4, -0.2) is 87.2 Å². The highest BCUT2D eigenvalue weighted by atomic mass is 19.1. The van der Waals surface area contributed by atoms with Gasteiger partial charge in [-0.05, 0) is 68.9 Å². The van der Waals surface area contributed by atoms with Crippen LogP contribution in [0.5, 0.6) is 11.8 Å². The third-order valence-electron chi connectivity index (χ3n) is 9.38. The van der Waals surface area contributed by atoms with Crippen molar-refractivity contribution in [3.8, 4) is 35.4 Å². The molecule has 3 fully saturated rings. The SMILES string of the molecule is C#Cc1c(F)ccc2cc(O)cc(-c3ncc4c(N5CC6CCC(C5)N6C(=O)C=C)nc(OC[C@@H]5CCCN5C)nc4c3F)c12. The molecule has 4 aromatic rings. The summed E-state index contributed by atoms with van der Waals surface area (Å²) in [4.78, 5) is 32.5. The van der Waals surface area contributed by atoms with Crippen LogP contribution in [0.2, 0.25) is 0 Å². The fraction of sp³-hybridized carbons (Fsp3) is 0.353. The fourth-order valence-corrected chi connectivity index (χ4v) is 7.17. The van der Waals surface area contributed by atoms with Crippen LogP contribution in [0.15, 0.2) is 43.1 Å². The van der Waals surface area contributed by atoms with E-state index in [0.717, 1.165) is 32.2 Å². The zero-order valence-corrected chi connectivity index (χ0v) is 24.8. The Morgan fingerprint density at radius 1 is 1.20 bits per heavy atom. The Kier molecular flexibility index (Phi) is 7.25. The minimum Gasteiger partial charge on any atom is -0.508 e. The van der Waals surface area contributed by atoms with E-state index >= 15 is 4.39 Å². The highest BCUT2D eigenvalue weighted by Gasteiger charge is 2.42. The smallest absolute Gasteiger partial charge is 0.319 e. The molecule has 0 radical (unpaired) electrons. The van der Waals surface area contributed by atoms with Crippen molar-refractivity contribution in [2.24, 2.45) is 0 Å². The molecule has 2 bridgehead atoms. The normalized spacial score (nSPS) is 21.4. The predicted octanol–water partition coefficient (Wildman–Crippen LogP) is 4.65. The number of likely N-dealkylation sites (N-methyl/N-ethyl adjacent to an activating group) is 1. The number of phenolic OH excluding ortho intramolecular Hbond substituents is 1. The molecule has 2 aromatic heterocycles. The molecule has 0 saturated carbocycles. The Labute approximate surface area is 259 Å². The molecular formula is C34H32F2N6O3. The summed E-state index contributed by atoms with van der Waals surface area (Å²) < 4.78 is 37.6. The van der Waals surface area contributed by atoms with E-state index in [9.17, 15) is 14.3 Å². The maximum absolute atomic E-state index is 16.7. The lowest BCUT2D eigenvalue weighted by Gasteiger charge is -2.41. The number of fused-ring (bicyclic) bond motifs is 4. The average Bonchev–Trinajstić information content (AvgIpc) is 3.57. The minimum absolute atomic E-state index is 0.0214. The van der Waals surface area contributed by atoms with E-state index in [-0.39, 0.29) is 63.5 Å². The summed E-state index contributed by atoms with van der Waals surface area (Å²) in [6.45, 7) is 5.97. The van der Waals surface area contributed by atoms with Crippen LogP contribution in [0.3, 0.4) is 0 Å². The van der Waals surface area contributed by atoms with E-state index < -0.39 is 11.6 Å². The number of terminal acetylenes is 1. The summed E-state index contributed by atoms with van der Waals surface area (Å²) in [5.74, 6) is 1.17. The van der Waals surface area contributed by atoms with Gasteiger partial charge in [-0.15, -0.1) is 6.42 Å². The van der Waals surface area contributed by atoms with Gasteiger partial charge in [0.05, 0.1) is 10.9 Å². The maximum Gasteiger partial charge on any atom is 0.319 e. The molecular weight excluding hydrogens is 578 g/mol. The number of aromatic nitrogens is 3. The molecule has 1 amide bonds. The number of carbonyl (C=O) groups is 1. The molecule has 9 nitrogen and oxygen atoms in total. The van der Waals surface area contributed by atoms with E-state index in [2.05, 4.69) is 27.4 Å². The maximum atomic E-state index is 16.7. The van der Waals surface area contributed by atoms with Crippen LogP contribution in [0.1, 0.15) is 31.2 Å². The molecule has 1 N–H and O–H groups in total. The van der Waals surface area contributed by atoms with Crippen molar-refractivity contribution in [3.63, 3.8) is 0 Å². The summed E-state index contributed by atoms with van der Waals surface area (Å²) in [7, 11) is 2.04. The zero-order valence-electron chi connectivity index (χ0n) is 24.8. The lowest BCUT2D eigenvalue weighted by Crippen LogP contribution is -2.55. The van der Waals surface area contributed by atoms with E-state index in [1.54, 1.807) is 0 Å². The minimum atomic E-state index is -0.776. The topological polar surface area (TPSA) is 94.9 Å². The molecule has 230 valence electrons. The average molecular weight is 611 g/mol. The van der Waals surface area contributed by atoms with Gasteiger partial charge in [-0.2, -0.15) is 9.97 Å². The molecule has 3 atom stereocenters. The summed E-state index contributed by atoms with van der Waals surface area (Å²) in [6, 6.07) is 5.59. The summed E-state index contributed by atoms with van der Waals surface area (Å²) in [5, 5.41) is 11.6. The number of hydrogen-bond donors (Lipinski definition) is 1. The van der Waals surface area contributed by atoms with Gasteiger partial charge in [0, 0.05) is 48.4 Å². The zero-order chi connectivity index (χ0) is 31.4. The molecule has 45 heavy (non-hydrogen) atoms. The number of halogens is 2. The van der Waals surface area contributed by atoms with E-state index in [1.807, 2.05) is 16.8 Å². The number of anilines is 1. The first-order chi connectivity index (χ1) is 21.8. The van der Waals surface area contributed by atoms with Crippen LogP contribution in [0.4, 0.5) is 14.6 Å². The lowest BCUT2D eigenvalue weighted by molar-refractivity contribution is -0.129. The van der Waals surface area contributed by atoms with Gasteiger partial charge >= 0.3 is 6.01 Å². The Morgan fingerprint density at radius 2 is 1.98 bits per heavy atom. The van der Waals surface area contributed by atoms with E-state index in [0.29, 0.717) is 36.3 Å². The number of aromatic hydroxyl groups is 1. The third-order valence-corrected chi connectivity index (χ3v) is 9.38. The highest BCUT2D eigenvalue weighted by molar-refractivity contribution is 6.03. The first kappa shape index (κ1) is 28.9. The van der Waals surface area contributed by atoms with Crippen molar-refractivity contribution in [2.75, 3.05) is 38.2 Å². The number of rotatable bonds is 6. The summed E-state index contributed by atoms with van der Waals surface area (Å²) in [5.41, 5.74) is -0.0778. The number of carbonyl (C=O) groups excluding carboxylic acids is 1. The Balaban J connectivity index is 1.37. The molecule has 0 spiro atoms. The number of piperazine rings is 1. The number of phenols is 1. The van der Waals surface area contributed by atoms with E-state index in [1.165, 1.54) is 36.5 Å². The molecule has 3 aliphatic heterocycles. The predicted molar refractivity (Wildman–Crippen MR) is 167 cm³/mol. The first-order valence-corrected chi connectivity index (χ1v) is 15.1. The lowest BCUT2D eigenvalue weighted by atomic mass is 9.96. The Morgan fingerprint density at radius 3 is 2.67 bits per heavy atom. The number of likely N-dealkylation sites (tertiary alicyclic amines) is 1. The summed E-state index contributed by atoms with van der Waals surface area (Å²) in [6.07, 6.45) is 12.2. The van der Waals surface area contributed by atoms with Crippen molar-refractivity contribution < 1.29 is 23.4 Å². The Bertz CT molecular complexity index is 1900. The van der Waals surface area contributed by atoms with Gasteiger partial charge in [-0.1, -0.05) is 18.6 Å². The van der Waals surface area contributed by atoms with Gasteiger partial charge in [0.2, 0.25) is 5.91 Å². The van der Waals surface area contributed by atoms with Crippen LogP contribution < -0.4 is 9.64 Å². The van der Waals surface area contributed by atoms with E-state index in [4.69, 9.17) is 16.1 Å². The molecule has 2 aromatic carbocycles. The van der Waals surface area contributed by atoms with Crippen LogP contribution in [-0.2, 0) is 4.79 Å². The van der Waals surface area contributed by atoms with Crippen molar-refractivity contribution in [2.45, 2.75) is 43.8 Å². The van der Waals surface area contributed by atoms with Gasteiger partial charge in [-0.3, -0.25) is 9.78 Å². The van der Waals surface area contributed by atoms with Gasteiger partial charge in [0.25, 0.3) is 0 Å². The number of nitrogens with zero attached hydrogens (tertiary/aromatic N) is 6. The second-order valence-corrected chi connectivity index (χ2v) is 12.0. The second kappa shape index (κ2) is 11.3. The van der Waals surface area contributed by atoms with Crippen molar-refractivity contribution in [3.05, 3.63) is 60.3 Å². The van der Waals surface area contributed by atoms with Crippen molar-refractivity contribution >= 4 is 33.4 Å². The number of ether oxygens (including phenoxy) is 1. The first-order valence-electron chi connectivity index (χ1n) is 15.1. The molecule has 3 aliphatic rings. The molecule has 2 unspecified atom stereocenters. The summed E-state index contributed by atoms with van der Waals surface area (Å²) >= 11 is 0. The van der Waals surface area contributed by atoms with Gasteiger partial charge in [0.1, 0.15) is 35.2 Å². The van der Waals surface area contributed by atoms with Crippen molar-refractivity contribution in [1.82, 2.24) is 24.8 Å². The monoisotopic (exact) mass is 610 g/mol. The molecule has 5 heterocycles. The van der Waals surface area contributed by atoms with Crippen LogP contribution >= 0.6 is 0 Å². The number of amides is 1. The fourth-order valence-electron chi connectivity index (χ4n) is 7.17. The van der Waals surface area contributed by atoms with Crippen LogP contribution in [0, 0.1) is 24.0 Å². The highest BCUT2D eigenvalue weighted by Crippen LogP contribution is 2.40. The molecule has 11 heteroatoms. The second-order valence-electron chi connectivity index (χ2n) is 12.0. The quantitative estimate of drug-likeness (QED) is 0.249.